The van der Waals surface area contributed by atoms with Crippen LogP contribution in [0.15, 0.2) is 25.2 Å². The second-order valence-corrected chi connectivity index (χ2v) is 4.29. The third-order valence-corrected chi connectivity index (χ3v) is 3.07. The molecule has 1 fully saturated rings. The van der Waals surface area contributed by atoms with Crippen LogP contribution in [0.25, 0.3) is 0 Å². The summed E-state index contributed by atoms with van der Waals surface area (Å²) in [6, 6.07) is 0.0221. The Balaban J connectivity index is 1.69. The van der Waals surface area contributed by atoms with E-state index >= 15 is 0 Å². The summed E-state index contributed by atoms with van der Waals surface area (Å²) >= 11 is 0. The van der Waals surface area contributed by atoms with E-state index in [0.717, 1.165) is 31.6 Å². The van der Waals surface area contributed by atoms with E-state index in [2.05, 4.69) is 21.9 Å². The molecule has 2 N–H and O–H groups in total. The van der Waals surface area contributed by atoms with E-state index in [0.29, 0.717) is 12.5 Å². The SMILES string of the molecule is C=C[C@H]1CCN(C(=O)NCCc2cnc[nH]2)C1. The fraction of sp³-hybridized carbons (Fsp3) is 0.500. The number of carbonyl (C=O) groups is 1. The first-order chi connectivity index (χ1) is 8.29. The lowest BCUT2D eigenvalue weighted by molar-refractivity contribution is 0.208. The van der Waals surface area contributed by atoms with Gasteiger partial charge >= 0.3 is 6.03 Å². The van der Waals surface area contributed by atoms with Crippen molar-refractivity contribution in [2.24, 2.45) is 5.92 Å². The van der Waals surface area contributed by atoms with Gasteiger partial charge in [0.05, 0.1) is 6.33 Å². The van der Waals surface area contributed by atoms with E-state index < -0.39 is 0 Å². The van der Waals surface area contributed by atoms with Gasteiger partial charge in [0.2, 0.25) is 0 Å². The molecule has 2 amide bonds. The minimum absolute atomic E-state index is 0.0221. The third kappa shape index (κ3) is 3.09. The second kappa shape index (κ2) is 5.52. The fourth-order valence-electron chi connectivity index (χ4n) is 2.00. The van der Waals surface area contributed by atoms with E-state index in [9.17, 15) is 4.79 Å². The standard InChI is InChI=1S/C12H18N4O/c1-2-10-4-6-16(8-10)12(17)14-5-3-11-7-13-9-15-11/h2,7,9-10H,1,3-6,8H2,(H,13,15)(H,14,17)/t10-/m0/s1. The topological polar surface area (TPSA) is 61.0 Å². The molecule has 2 heterocycles. The van der Waals surface area contributed by atoms with Crippen molar-refractivity contribution in [1.82, 2.24) is 20.2 Å². The number of carbonyl (C=O) groups excluding carboxylic acids is 1. The van der Waals surface area contributed by atoms with Gasteiger partial charge in [-0.25, -0.2) is 9.78 Å². The van der Waals surface area contributed by atoms with Crippen LogP contribution in [-0.4, -0.2) is 40.5 Å². The highest BCUT2D eigenvalue weighted by molar-refractivity contribution is 5.74. The minimum Gasteiger partial charge on any atom is -0.348 e. The van der Waals surface area contributed by atoms with E-state index in [-0.39, 0.29) is 6.03 Å². The summed E-state index contributed by atoms with van der Waals surface area (Å²) in [6.45, 7) is 6.02. The molecule has 1 aliphatic rings. The number of H-pyrrole nitrogens is 1. The molecule has 0 bridgehead atoms. The maximum atomic E-state index is 11.8. The number of hydrogen-bond donors (Lipinski definition) is 2. The Morgan fingerprint density at radius 1 is 1.76 bits per heavy atom. The van der Waals surface area contributed by atoms with Gasteiger partial charge in [0.15, 0.2) is 0 Å². The Labute approximate surface area is 101 Å². The average molecular weight is 234 g/mol. The van der Waals surface area contributed by atoms with Crippen molar-refractivity contribution in [2.75, 3.05) is 19.6 Å². The molecule has 5 nitrogen and oxygen atoms in total. The zero-order valence-electron chi connectivity index (χ0n) is 9.85. The predicted molar refractivity (Wildman–Crippen MR) is 65.6 cm³/mol. The van der Waals surface area contributed by atoms with E-state index in [1.807, 2.05) is 11.0 Å². The number of likely N-dealkylation sites (tertiary alicyclic amines) is 1. The smallest absolute Gasteiger partial charge is 0.317 e. The zero-order valence-corrected chi connectivity index (χ0v) is 9.85. The largest absolute Gasteiger partial charge is 0.348 e. The van der Waals surface area contributed by atoms with Crippen molar-refractivity contribution >= 4 is 6.03 Å². The number of aromatic nitrogens is 2. The third-order valence-electron chi connectivity index (χ3n) is 3.07. The van der Waals surface area contributed by atoms with Crippen LogP contribution >= 0.6 is 0 Å². The minimum atomic E-state index is 0.0221. The highest BCUT2D eigenvalue weighted by Crippen LogP contribution is 2.16. The lowest BCUT2D eigenvalue weighted by atomic mass is 10.1. The van der Waals surface area contributed by atoms with Crippen LogP contribution in [0.5, 0.6) is 0 Å². The van der Waals surface area contributed by atoms with Crippen LogP contribution < -0.4 is 5.32 Å². The van der Waals surface area contributed by atoms with E-state index in [1.54, 1.807) is 12.5 Å². The molecule has 2 rings (SSSR count). The van der Waals surface area contributed by atoms with Crippen molar-refractivity contribution in [3.8, 4) is 0 Å². The molecular formula is C12H18N4O. The number of aromatic amines is 1. The molecule has 1 aromatic heterocycles. The molecule has 0 unspecified atom stereocenters. The van der Waals surface area contributed by atoms with Crippen molar-refractivity contribution in [1.29, 1.82) is 0 Å². The quantitative estimate of drug-likeness (QED) is 0.768. The number of rotatable bonds is 4. The van der Waals surface area contributed by atoms with Gasteiger partial charge in [0.25, 0.3) is 0 Å². The van der Waals surface area contributed by atoms with Gasteiger partial charge in [0.1, 0.15) is 0 Å². The Bertz CT molecular complexity index is 374. The van der Waals surface area contributed by atoms with Gasteiger partial charge in [-0.2, -0.15) is 0 Å². The first-order valence-corrected chi connectivity index (χ1v) is 5.92. The van der Waals surface area contributed by atoms with Crippen LogP contribution in [0.3, 0.4) is 0 Å². The Kier molecular flexibility index (Phi) is 3.80. The molecule has 1 aliphatic heterocycles. The van der Waals surface area contributed by atoms with E-state index in [4.69, 9.17) is 0 Å². The number of hydrogen-bond acceptors (Lipinski definition) is 2. The summed E-state index contributed by atoms with van der Waals surface area (Å²) in [5.74, 6) is 0.452. The number of nitrogens with one attached hydrogen (secondary N) is 2. The highest BCUT2D eigenvalue weighted by Gasteiger charge is 2.23. The summed E-state index contributed by atoms with van der Waals surface area (Å²) in [5.41, 5.74) is 1.04. The van der Waals surface area contributed by atoms with Gasteiger partial charge in [-0.1, -0.05) is 6.08 Å². The molecule has 17 heavy (non-hydrogen) atoms. The molecule has 0 aliphatic carbocycles. The summed E-state index contributed by atoms with van der Waals surface area (Å²) in [5, 5.41) is 2.91. The summed E-state index contributed by atoms with van der Waals surface area (Å²) < 4.78 is 0. The summed E-state index contributed by atoms with van der Waals surface area (Å²) in [7, 11) is 0. The number of urea groups is 1. The van der Waals surface area contributed by atoms with Crippen LogP contribution in [0.2, 0.25) is 0 Å². The maximum absolute atomic E-state index is 11.8. The second-order valence-electron chi connectivity index (χ2n) is 4.29. The average Bonchev–Trinajstić information content (AvgIpc) is 2.99. The fourth-order valence-corrected chi connectivity index (χ4v) is 2.00. The van der Waals surface area contributed by atoms with Crippen LogP contribution in [-0.2, 0) is 6.42 Å². The molecule has 1 saturated heterocycles. The first kappa shape index (κ1) is 11.7. The van der Waals surface area contributed by atoms with Crippen LogP contribution in [0.4, 0.5) is 4.79 Å². The Morgan fingerprint density at radius 2 is 2.65 bits per heavy atom. The molecular weight excluding hydrogens is 216 g/mol. The van der Waals surface area contributed by atoms with Crippen molar-refractivity contribution in [3.05, 3.63) is 30.9 Å². The Morgan fingerprint density at radius 3 is 3.29 bits per heavy atom. The van der Waals surface area contributed by atoms with Crippen molar-refractivity contribution in [2.45, 2.75) is 12.8 Å². The molecule has 5 heteroatoms. The van der Waals surface area contributed by atoms with E-state index in [1.165, 1.54) is 0 Å². The number of amides is 2. The number of imidazole rings is 1. The maximum Gasteiger partial charge on any atom is 0.317 e. The van der Waals surface area contributed by atoms with Crippen molar-refractivity contribution < 1.29 is 4.79 Å². The lowest BCUT2D eigenvalue weighted by Gasteiger charge is -2.16. The molecule has 0 aromatic carbocycles. The Hall–Kier alpha value is -1.78. The molecule has 92 valence electrons. The van der Waals surface area contributed by atoms with Gasteiger partial charge in [-0.3, -0.25) is 0 Å². The zero-order chi connectivity index (χ0) is 12.1. The predicted octanol–water partition coefficient (Wildman–Crippen LogP) is 1.17. The highest BCUT2D eigenvalue weighted by atomic mass is 16.2. The van der Waals surface area contributed by atoms with Crippen molar-refractivity contribution in [3.63, 3.8) is 0 Å². The van der Waals surface area contributed by atoms with Gasteiger partial charge in [-0.15, -0.1) is 6.58 Å². The monoisotopic (exact) mass is 234 g/mol. The van der Waals surface area contributed by atoms with Gasteiger partial charge in [-0.05, 0) is 12.3 Å². The molecule has 0 radical (unpaired) electrons. The molecule has 0 saturated carbocycles. The number of nitrogens with zero attached hydrogens (tertiary/aromatic N) is 2. The van der Waals surface area contributed by atoms with Crippen LogP contribution in [0.1, 0.15) is 12.1 Å². The summed E-state index contributed by atoms with van der Waals surface area (Å²) in [6.07, 6.45) is 7.15. The van der Waals surface area contributed by atoms with Crippen LogP contribution in [0, 0.1) is 5.92 Å². The van der Waals surface area contributed by atoms with Gasteiger partial charge in [0, 0.05) is 37.9 Å². The molecule has 1 atom stereocenters. The van der Waals surface area contributed by atoms with Gasteiger partial charge < -0.3 is 15.2 Å². The lowest BCUT2D eigenvalue weighted by Crippen LogP contribution is -2.39. The summed E-state index contributed by atoms with van der Waals surface area (Å²) in [4.78, 5) is 20.6. The normalized spacial score (nSPS) is 19.3. The first-order valence-electron chi connectivity index (χ1n) is 5.92. The molecule has 0 spiro atoms. The molecule has 1 aromatic rings.